The molecule has 2 rings (SSSR count). The fraction of sp³-hybridized carbons (Fsp3) is 1.00. The predicted molar refractivity (Wildman–Crippen MR) is 56.5 cm³/mol. The lowest BCUT2D eigenvalue weighted by molar-refractivity contribution is 0.0561. The van der Waals surface area contributed by atoms with Gasteiger partial charge in [0.2, 0.25) is 0 Å². The second-order valence-electron chi connectivity index (χ2n) is 6.02. The van der Waals surface area contributed by atoms with Crippen molar-refractivity contribution >= 4 is 0 Å². The third-order valence-electron chi connectivity index (χ3n) is 4.59. The van der Waals surface area contributed by atoms with Gasteiger partial charge >= 0.3 is 0 Å². The van der Waals surface area contributed by atoms with Gasteiger partial charge in [-0.15, -0.1) is 0 Å². The summed E-state index contributed by atoms with van der Waals surface area (Å²) in [5.41, 5.74) is 7.11. The van der Waals surface area contributed by atoms with E-state index in [4.69, 9.17) is 5.73 Å². The minimum Gasteiger partial charge on any atom is -0.330 e. The van der Waals surface area contributed by atoms with Crippen LogP contribution in [0.4, 0.5) is 0 Å². The Bertz CT molecular complexity index is 186. The smallest absolute Gasteiger partial charge is 0.00179 e. The lowest BCUT2D eigenvalue weighted by atomic mass is 9.60. The van der Waals surface area contributed by atoms with E-state index in [1.54, 1.807) is 0 Å². The minimum atomic E-state index is 0.577. The fourth-order valence-electron chi connectivity index (χ4n) is 3.37. The molecule has 0 bridgehead atoms. The van der Waals surface area contributed by atoms with Gasteiger partial charge in [0.25, 0.3) is 0 Å². The SMILES string of the molecule is CC1(C)CCC(C2(CN)CCC2)C1. The van der Waals surface area contributed by atoms with E-state index in [9.17, 15) is 0 Å². The monoisotopic (exact) mass is 181 g/mol. The van der Waals surface area contributed by atoms with Crippen LogP contribution in [-0.2, 0) is 0 Å². The molecule has 0 aromatic rings. The van der Waals surface area contributed by atoms with Gasteiger partial charge in [-0.1, -0.05) is 20.3 Å². The highest BCUT2D eigenvalue weighted by atomic mass is 14.7. The lowest BCUT2D eigenvalue weighted by Crippen LogP contribution is -2.43. The summed E-state index contributed by atoms with van der Waals surface area (Å²) in [6.07, 6.45) is 8.51. The predicted octanol–water partition coefficient (Wildman–Crippen LogP) is 2.94. The third kappa shape index (κ3) is 1.52. The molecule has 1 heteroatoms. The van der Waals surface area contributed by atoms with Gasteiger partial charge in [-0.25, -0.2) is 0 Å². The number of hydrogen-bond acceptors (Lipinski definition) is 1. The number of hydrogen-bond donors (Lipinski definition) is 1. The summed E-state index contributed by atoms with van der Waals surface area (Å²) in [7, 11) is 0. The van der Waals surface area contributed by atoms with Crippen molar-refractivity contribution in [3.8, 4) is 0 Å². The molecule has 1 nitrogen and oxygen atoms in total. The van der Waals surface area contributed by atoms with Gasteiger partial charge in [-0.3, -0.25) is 0 Å². The van der Waals surface area contributed by atoms with Crippen molar-refractivity contribution < 1.29 is 0 Å². The summed E-state index contributed by atoms with van der Waals surface area (Å²) in [5.74, 6) is 0.946. The maximum absolute atomic E-state index is 5.94. The highest BCUT2D eigenvalue weighted by molar-refractivity contribution is 4.99. The topological polar surface area (TPSA) is 26.0 Å². The zero-order valence-corrected chi connectivity index (χ0v) is 9.10. The average Bonchev–Trinajstić information content (AvgIpc) is 2.30. The van der Waals surface area contributed by atoms with Gasteiger partial charge < -0.3 is 5.73 Å². The second kappa shape index (κ2) is 2.98. The Balaban J connectivity index is 2.02. The van der Waals surface area contributed by atoms with Crippen molar-refractivity contribution in [2.75, 3.05) is 6.54 Å². The van der Waals surface area contributed by atoms with E-state index in [1.807, 2.05) is 0 Å². The molecule has 0 aliphatic heterocycles. The molecule has 2 saturated carbocycles. The first-order chi connectivity index (χ1) is 6.08. The molecule has 2 fully saturated rings. The number of nitrogens with two attached hydrogens (primary N) is 1. The van der Waals surface area contributed by atoms with Crippen molar-refractivity contribution in [3.63, 3.8) is 0 Å². The van der Waals surface area contributed by atoms with E-state index in [2.05, 4.69) is 13.8 Å². The Morgan fingerprint density at radius 1 is 1.23 bits per heavy atom. The van der Waals surface area contributed by atoms with Crippen LogP contribution in [-0.4, -0.2) is 6.54 Å². The van der Waals surface area contributed by atoms with E-state index in [-0.39, 0.29) is 0 Å². The summed E-state index contributed by atoms with van der Waals surface area (Å²) in [6, 6.07) is 0. The van der Waals surface area contributed by atoms with Gasteiger partial charge in [0, 0.05) is 0 Å². The van der Waals surface area contributed by atoms with E-state index in [0.717, 1.165) is 12.5 Å². The largest absolute Gasteiger partial charge is 0.330 e. The highest BCUT2D eigenvalue weighted by Gasteiger charge is 2.47. The molecule has 0 spiro atoms. The van der Waals surface area contributed by atoms with Crippen molar-refractivity contribution in [1.82, 2.24) is 0 Å². The zero-order chi connectivity index (χ0) is 9.53. The molecule has 2 aliphatic carbocycles. The molecule has 0 amide bonds. The van der Waals surface area contributed by atoms with Gasteiger partial charge in [-0.05, 0) is 55.4 Å². The zero-order valence-electron chi connectivity index (χ0n) is 9.10. The lowest BCUT2D eigenvalue weighted by Gasteiger charge is -2.46. The first kappa shape index (κ1) is 9.51. The molecule has 0 aromatic carbocycles. The van der Waals surface area contributed by atoms with Crippen molar-refractivity contribution in [2.45, 2.75) is 52.4 Å². The summed E-state index contributed by atoms with van der Waals surface area (Å²) in [6.45, 7) is 5.76. The van der Waals surface area contributed by atoms with Crippen LogP contribution in [0, 0.1) is 16.7 Å². The molecular formula is C12H23N. The molecule has 1 atom stereocenters. The van der Waals surface area contributed by atoms with Gasteiger partial charge in [0.15, 0.2) is 0 Å². The van der Waals surface area contributed by atoms with Crippen LogP contribution in [0.5, 0.6) is 0 Å². The van der Waals surface area contributed by atoms with Crippen LogP contribution in [0.15, 0.2) is 0 Å². The average molecular weight is 181 g/mol. The van der Waals surface area contributed by atoms with Crippen LogP contribution < -0.4 is 5.73 Å². The Kier molecular flexibility index (Phi) is 2.18. The van der Waals surface area contributed by atoms with Crippen LogP contribution in [0.1, 0.15) is 52.4 Å². The van der Waals surface area contributed by atoms with Gasteiger partial charge in [0.1, 0.15) is 0 Å². The first-order valence-corrected chi connectivity index (χ1v) is 5.78. The van der Waals surface area contributed by atoms with E-state index in [0.29, 0.717) is 10.8 Å². The Morgan fingerprint density at radius 2 is 1.92 bits per heavy atom. The maximum Gasteiger partial charge on any atom is -0.00179 e. The fourth-order valence-corrected chi connectivity index (χ4v) is 3.37. The first-order valence-electron chi connectivity index (χ1n) is 5.78. The summed E-state index contributed by atoms with van der Waals surface area (Å²) < 4.78 is 0. The summed E-state index contributed by atoms with van der Waals surface area (Å²) in [5, 5.41) is 0. The minimum absolute atomic E-state index is 0.577. The van der Waals surface area contributed by atoms with E-state index in [1.165, 1.54) is 38.5 Å². The van der Waals surface area contributed by atoms with E-state index >= 15 is 0 Å². The molecule has 0 aromatic heterocycles. The molecule has 0 radical (unpaired) electrons. The van der Waals surface area contributed by atoms with Crippen LogP contribution in [0.3, 0.4) is 0 Å². The van der Waals surface area contributed by atoms with Crippen LogP contribution >= 0.6 is 0 Å². The Morgan fingerprint density at radius 3 is 2.23 bits per heavy atom. The van der Waals surface area contributed by atoms with Crippen molar-refractivity contribution in [2.24, 2.45) is 22.5 Å². The quantitative estimate of drug-likeness (QED) is 0.696. The Hall–Kier alpha value is -0.0400. The molecule has 1 unspecified atom stereocenters. The molecule has 76 valence electrons. The molecule has 2 aliphatic rings. The summed E-state index contributed by atoms with van der Waals surface area (Å²) >= 11 is 0. The maximum atomic E-state index is 5.94. The number of rotatable bonds is 2. The molecular weight excluding hydrogens is 158 g/mol. The molecule has 0 heterocycles. The Labute approximate surface area is 82.1 Å². The normalized spacial score (nSPS) is 35.8. The summed E-state index contributed by atoms with van der Waals surface area (Å²) in [4.78, 5) is 0. The molecule has 0 saturated heterocycles. The molecule has 2 N–H and O–H groups in total. The van der Waals surface area contributed by atoms with Crippen molar-refractivity contribution in [1.29, 1.82) is 0 Å². The van der Waals surface area contributed by atoms with E-state index < -0.39 is 0 Å². The third-order valence-corrected chi connectivity index (χ3v) is 4.59. The van der Waals surface area contributed by atoms with Crippen LogP contribution in [0.2, 0.25) is 0 Å². The van der Waals surface area contributed by atoms with Gasteiger partial charge in [-0.2, -0.15) is 0 Å². The van der Waals surface area contributed by atoms with Crippen LogP contribution in [0.25, 0.3) is 0 Å². The standard InChI is InChI=1S/C12H23N/c1-11(2)7-4-10(8-11)12(9-13)5-3-6-12/h10H,3-9,13H2,1-2H3. The second-order valence-corrected chi connectivity index (χ2v) is 6.02. The van der Waals surface area contributed by atoms with Crippen molar-refractivity contribution in [3.05, 3.63) is 0 Å². The highest BCUT2D eigenvalue weighted by Crippen LogP contribution is 2.56. The van der Waals surface area contributed by atoms with Gasteiger partial charge in [0.05, 0.1) is 0 Å². The molecule has 13 heavy (non-hydrogen) atoms.